The first-order valence-electron chi connectivity index (χ1n) is 8.20. The van der Waals surface area contributed by atoms with E-state index in [2.05, 4.69) is 27.5 Å². The van der Waals surface area contributed by atoms with Crippen LogP contribution in [0.5, 0.6) is 0 Å². The molecular weight excluding hydrogens is 252 g/mol. The van der Waals surface area contributed by atoms with Crippen molar-refractivity contribution in [2.75, 3.05) is 33.2 Å². The standard InChI is InChI=1S/C15H28N4O/c1-18-8-4-12(5-9-18)16-15(20)17-13-6-10-19(11-7-13)14-2-3-14/h12-14H,2-11H2,1H3,(H2,16,17,20). The van der Waals surface area contributed by atoms with Crippen molar-refractivity contribution in [1.82, 2.24) is 20.4 Å². The van der Waals surface area contributed by atoms with E-state index in [1.807, 2.05) is 0 Å². The molecule has 2 saturated heterocycles. The van der Waals surface area contributed by atoms with Gasteiger partial charge in [0.05, 0.1) is 0 Å². The van der Waals surface area contributed by atoms with Crippen LogP contribution in [0.4, 0.5) is 4.79 Å². The average Bonchev–Trinajstić information content (AvgIpc) is 3.27. The van der Waals surface area contributed by atoms with E-state index >= 15 is 0 Å². The van der Waals surface area contributed by atoms with Gasteiger partial charge in [-0.1, -0.05) is 0 Å². The number of rotatable bonds is 3. The topological polar surface area (TPSA) is 47.6 Å². The van der Waals surface area contributed by atoms with Crippen molar-refractivity contribution in [3.8, 4) is 0 Å². The van der Waals surface area contributed by atoms with Gasteiger partial charge in [-0.15, -0.1) is 0 Å². The summed E-state index contributed by atoms with van der Waals surface area (Å²) >= 11 is 0. The molecule has 1 saturated carbocycles. The Morgan fingerprint density at radius 1 is 0.850 bits per heavy atom. The SMILES string of the molecule is CN1CCC(NC(=O)NC2CCN(C3CC3)CC2)CC1. The highest BCUT2D eigenvalue weighted by Crippen LogP contribution is 2.29. The fourth-order valence-electron chi connectivity index (χ4n) is 3.41. The number of hydrogen-bond acceptors (Lipinski definition) is 3. The Morgan fingerprint density at radius 3 is 1.85 bits per heavy atom. The summed E-state index contributed by atoms with van der Waals surface area (Å²) in [7, 11) is 2.14. The monoisotopic (exact) mass is 280 g/mol. The molecule has 0 unspecified atom stereocenters. The second kappa shape index (κ2) is 6.31. The Balaban J connectivity index is 1.34. The van der Waals surface area contributed by atoms with Gasteiger partial charge in [0.25, 0.3) is 0 Å². The number of likely N-dealkylation sites (tertiary alicyclic amines) is 2. The van der Waals surface area contributed by atoms with Gasteiger partial charge >= 0.3 is 6.03 Å². The molecule has 3 rings (SSSR count). The number of urea groups is 1. The molecule has 1 aliphatic carbocycles. The van der Waals surface area contributed by atoms with E-state index in [9.17, 15) is 4.79 Å². The zero-order valence-electron chi connectivity index (χ0n) is 12.6. The average molecular weight is 280 g/mol. The van der Waals surface area contributed by atoms with Gasteiger partial charge in [-0.05, 0) is 58.7 Å². The summed E-state index contributed by atoms with van der Waals surface area (Å²) in [5.41, 5.74) is 0. The third-order valence-electron chi connectivity index (χ3n) is 4.98. The van der Waals surface area contributed by atoms with Crippen LogP contribution >= 0.6 is 0 Å². The van der Waals surface area contributed by atoms with Gasteiger partial charge in [0.2, 0.25) is 0 Å². The summed E-state index contributed by atoms with van der Waals surface area (Å²) in [4.78, 5) is 17.0. The fourth-order valence-corrected chi connectivity index (χ4v) is 3.41. The maximum atomic E-state index is 12.0. The summed E-state index contributed by atoms with van der Waals surface area (Å²) in [6.45, 7) is 4.49. The maximum Gasteiger partial charge on any atom is 0.315 e. The summed E-state index contributed by atoms with van der Waals surface area (Å²) in [6.07, 6.45) is 7.13. The maximum absolute atomic E-state index is 12.0. The van der Waals surface area contributed by atoms with E-state index in [0.29, 0.717) is 12.1 Å². The Bertz CT molecular complexity index is 329. The van der Waals surface area contributed by atoms with Crippen molar-refractivity contribution in [1.29, 1.82) is 0 Å². The summed E-state index contributed by atoms with van der Waals surface area (Å²) in [5, 5.41) is 6.31. The van der Waals surface area contributed by atoms with Crippen LogP contribution in [-0.2, 0) is 0 Å². The Hall–Kier alpha value is -0.810. The molecule has 2 amide bonds. The number of carbonyl (C=O) groups is 1. The Morgan fingerprint density at radius 2 is 1.35 bits per heavy atom. The first-order valence-corrected chi connectivity index (χ1v) is 8.20. The van der Waals surface area contributed by atoms with Gasteiger partial charge in [-0.25, -0.2) is 4.79 Å². The molecule has 0 bridgehead atoms. The molecule has 0 radical (unpaired) electrons. The molecule has 2 aliphatic heterocycles. The molecule has 0 aromatic carbocycles. The van der Waals surface area contributed by atoms with Crippen LogP contribution < -0.4 is 10.6 Å². The minimum atomic E-state index is 0.0458. The van der Waals surface area contributed by atoms with Gasteiger partial charge < -0.3 is 20.4 Å². The van der Waals surface area contributed by atoms with E-state index < -0.39 is 0 Å². The van der Waals surface area contributed by atoms with Crippen LogP contribution in [0.15, 0.2) is 0 Å². The second-order valence-electron chi connectivity index (χ2n) is 6.74. The lowest BCUT2D eigenvalue weighted by atomic mass is 10.0. The molecule has 0 aromatic heterocycles. The molecule has 2 N–H and O–H groups in total. The van der Waals surface area contributed by atoms with Crippen LogP contribution in [0, 0.1) is 0 Å². The first kappa shape index (κ1) is 14.1. The summed E-state index contributed by atoms with van der Waals surface area (Å²) in [6, 6.07) is 1.64. The van der Waals surface area contributed by atoms with Crippen LogP contribution in [0.25, 0.3) is 0 Å². The lowest BCUT2D eigenvalue weighted by molar-refractivity contribution is 0.181. The lowest BCUT2D eigenvalue weighted by Gasteiger charge is -2.33. The van der Waals surface area contributed by atoms with Crippen LogP contribution in [-0.4, -0.2) is 67.2 Å². The summed E-state index contributed by atoms with van der Waals surface area (Å²) < 4.78 is 0. The molecule has 0 spiro atoms. The number of piperidine rings is 2. The number of nitrogens with zero attached hydrogens (tertiary/aromatic N) is 2. The molecule has 3 fully saturated rings. The molecular formula is C15H28N4O. The first-order chi connectivity index (χ1) is 9.70. The fraction of sp³-hybridized carbons (Fsp3) is 0.933. The minimum Gasteiger partial charge on any atom is -0.335 e. The highest BCUT2D eigenvalue weighted by molar-refractivity contribution is 5.74. The summed E-state index contributed by atoms with van der Waals surface area (Å²) in [5.74, 6) is 0. The quantitative estimate of drug-likeness (QED) is 0.811. The number of hydrogen-bond donors (Lipinski definition) is 2. The molecule has 114 valence electrons. The van der Waals surface area contributed by atoms with Crippen molar-refractivity contribution < 1.29 is 4.79 Å². The lowest BCUT2D eigenvalue weighted by Crippen LogP contribution is -2.52. The van der Waals surface area contributed by atoms with Crippen LogP contribution in [0.3, 0.4) is 0 Å². The van der Waals surface area contributed by atoms with Gasteiger partial charge in [-0.2, -0.15) is 0 Å². The van der Waals surface area contributed by atoms with Crippen molar-refractivity contribution in [2.45, 2.75) is 56.7 Å². The third-order valence-corrected chi connectivity index (χ3v) is 4.98. The number of nitrogens with one attached hydrogen (secondary N) is 2. The predicted octanol–water partition coefficient (Wildman–Crippen LogP) is 1.01. The molecule has 5 heteroatoms. The van der Waals surface area contributed by atoms with Crippen LogP contribution in [0.1, 0.15) is 38.5 Å². The Labute approximate surface area is 122 Å². The van der Waals surface area contributed by atoms with Gasteiger partial charge in [0.1, 0.15) is 0 Å². The third kappa shape index (κ3) is 3.85. The highest BCUT2D eigenvalue weighted by Gasteiger charge is 2.32. The van der Waals surface area contributed by atoms with Crippen molar-refractivity contribution in [3.05, 3.63) is 0 Å². The molecule has 2 heterocycles. The minimum absolute atomic E-state index is 0.0458. The van der Waals surface area contributed by atoms with Crippen molar-refractivity contribution >= 4 is 6.03 Å². The zero-order chi connectivity index (χ0) is 13.9. The van der Waals surface area contributed by atoms with Gasteiger partial charge in [0.15, 0.2) is 0 Å². The largest absolute Gasteiger partial charge is 0.335 e. The molecule has 0 atom stereocenters. The molecule has 3 aliphatic rings. The normalized spacial score (nSPS) is 27.4. The van der Waals surface area contributed by atoms with E-state index in [-0.39, 0.29) is 6.03 Å². The Kier molecular flexibility index (Phi) is 4.46. The smallest absolute Gasteiger partial charge is 0.315 e. The highest BCUT2D eigenvalue weighted by atomic mass is 16.2. The predicted molar refractivity (Wildman–Crippen MR) is 79.8 cm³/mol. The van der Waals surface area contributed by atoms with E-state index in [0.717, 1.165) is 57.9 Å². The van der Waals surface area contributed by atoms with E-state index in [4.69, 9.17) is 0 Å². The second-order valence-corrected chi connectivity index (χ2v) is 6.74. The van der Waals surface area contributed by atoms with Gasteiger partial charge in [0, 0.05) is 31.2 Å². The van der Waals surface area contributed by atoms with Crippen molar-refractivity contribution in [2.24, 2.45) is 0 Å². The molecule has 0 aromatic rings. The van der Waals surface area contributed by atoms with Crippen LogP contribution in [0.2, 0.25) is 0 Å². The van der Waals surface area contributed by atoms with E-state index in [1.54, 1.807) is 0 Å². The molecule has 20 heavy (non-hydrogen) atoms. The van der Waals surface area contributed by atoms with E-state index in [1.165, 1.54) is 12.8 Å². The van der Waals surface area contributed by atoms with Gasteiger partial charge in [-0.3, -0.25) is 0 Å². The van der Waals surface area contributed by atoms with Crippen molar-refractivity contribution in [3.63, 3.8) is 0 Å². The number of carbonyl (C=O) groups excluding carboxylic acids is 1. The number of amides is 2. The zero-order valence-corrected chi connectivity index (χ0v) is 12.6. The molecule has 5 nitrogen and oxygen atoms in total.